The molecule has 6 heteroatoms. The minimum Gasteiger partial charge on any atom is -0.488 e. The molecule has 4 nitrogen and oxygen atoms in total. The number of nitrogen functional groups attached to an aromatic ring is 1. The van der Waals surface area contributed by atoms with Crippen molar-refractivity contribution in [3.05, 3.63) is 46.2 Å². The number of carbonyl (C=O) groups is 1. The predicted molar refractivity (Wildman–Crippen MR) is 78.1 cm³/mol. The maximum atomic E-state index is 11.5. The van der Waals surface area contributed by atoms with E-state index >= 15 is 0 Å². The summed E-state index contributed by atoms with van der Waals surface area (Å²) >= 11 is 1.62. The van der Waals surface area contributed by atoms with E-state index in [4.69, 9.17) is 10.5 Å². The molecule has 0 atom stereocenters. The Morgan fingerprint density at radius 2 is 2.16 bits per heavy atom. The molecule has 0 aliphatic carbocycles. The fraction of sp³-hybridized carbons (Fsp3) is 0.154. The summed E-state index contributed by atoms with van der Waals surface area (Å²) in [7, 11) is 1.32. The molecule has 2 aromatic rings. The number of ether oxygens (including phenoxy) is 2. The summed E-state index contributed by atoms with van der Waals surface area (Å²) in [5.41, 5.74) is 6.40. The van der Waals surface area contributed by atoms with Gasteiger partial charge in [0.1, 0.15) is 12.4 Å². The van der Waals surface area contributed by atoms with Crippen LogP contribution in [0.25, 0.3) is 0 Å². The first-order valence-corrected chi connectivity index (χ1v) is 6.21. The second-order valence-corrected chi connectivity index (χ2v) is 4.64. The van der Waals surface area contributed by atoms with E-state index in [1.54, 1.807) is 29.5 Å². The van der Waals surface area contributed by atoms with Crippen LogP contribution in [0.3, 0.4) is 0 Å². The molecular formula is C13H14ClNO3S. The summed E-state index contributed by atoms with van der Waals surface area (Å²) in [5, 5.41) is 1.99. The van der Waals surface area contributed by atoms with E-state index < -0.39 is 5.97 Å². The highest BCUT2D eigenvalue weighted by molar-refractivity contribution is 7.09. The van der Waals surface area contributed by atoms with Crippen LogP contribution in [-0.4, -0.2) is 13.1 Å². The Morgan fingerprint density at radius 1 is 1.37 bits per heavy atom. The summed E-state index contributed by atoms with van der Waals surface area (Å²) < 4.78 is 10.2. The second-order valence-electron chi connectivity index (χ2n) is 3.61. The second kappa shape index (κ2) is 7.01. The molecule has 0 saturated carbocycles. The van der Waals surface area contributed by atoms with Crippen molar-refractivity contribution in [3.8, 4) is 5.75 Å². The van der Waals surface area contributed by atoms with E-state index in [2.05, 4.69) is 4.74 Å². The van der Waals surface area contributed by atoms with Gasteiger partial charge in [0, 0.05) is 10.6 Å². The van der Waals surface area contributed by atoms with Gasteiger partial charge in [-0.15, -0.1) is 23.7 Å². The zero-order valence-electron chi connectivity index (χ0n) is 10.3. The molecule has 0 saturated heterocycles. The lowest BCUT2D eigenvalue weighted by Crippen LogP contribution is -2.06. The number of anilines is 1. The van der Waals surface area contributed by atoms with Gasteiger partial charge < -0.3 is 15.2 Å². The molecule has 1 aromatic carbocycles. The molecule has 0 amide bonds. The lowest BCUT2D eigenvalue weighted by Gasteiger charge is -2.08. The van der Waals surface area contributed by atoms with Crippen molar-refractivity contribution in [2.24, 2.45) is 0 Å². The van der Waals surface area contributed by atoms with Crippen LogP contribution in [-0.2, 0) is 11.3 Å². The van der Waals surface area contributed by atoms with Crippen LogP contribution in [0.15, 0.2) is 35.7 Å². The van der Waals surface area contributed by atoms with Crippen molar-refractivity contribution >= 4 is 35.4 Å². The van der Waals surface area contributed by atoms with Gasteiger partial charge in [0.2, 0.25) is 0 Å². The number of nitrogens with two attached hydrogens (primary N) is 1. The normalized spacial score (nSPS) is 9.53. The maximum absolute atomic E-state index is 11.5. The highest BCUT2D eigenvalue weighted by Crippen LogP contribution is 2.22. The highest BCUT2D eigenvalue weighted by atomic mass is 35.5. The first-order valence-electron chi connectivity index (χ1n) is 5.33. The number of benzene rings is 1. The first kappa shape index (κ1) is 15.3. The highest BCUT2D eigenvalue weighted by Gasteiger charge is 2.11. The van der Waals surface area contributed by atoms with Gasteiger partial charge >= 0.3 is 5.97 Å². The third-order valence-electron chi connectivity index (χ3n) is 2.39. The Hall–Kier alpha value is -1.72. The average Bonchev–Trinajstić information content (AvgIpc) is 2.90. The van der Waals surface area contributed by atoms with Crippen molar-refractivity contribution in [2.45, 2.75) is 6.61 Å². The van der Waals surface area contributed by atoms with E-state index in [1.165, 1.54) is 7.11 Å². The van der Waals surface area contributed by atoms with Gasteiger partial charge in [0.25, 0.3) is 0 Å². The average molecular weight is 300 g/mol. The quantitative estimate of drug-likeness (QED) is 0.696. The zero-order chi connectivity index (χ0) is 13.0. The number of esters is 1. The Morgan fingerprint density at radius 3 is 2.79 bits per heavy atom. The van der Waals surface area contributed by atoms with Crippen LogP contribution in [0.4, 0.5) is 5.69 Å². The third kappa shape index (κ3) is 3.87. The molecular weight excluding hydrogens is 286 g/mol. The lowest BCUT2D eigenvalue weighted by molar-refractivity contribution is 0.0601. The topological polar surface area (TPSA) is 61.5 Å². The molecule has 2 N–H and O–H groups in total. The van der Waals surface area contributed by atoms with E-state index in [1.807, 2.05) is 17.5 Å². The van der Waals surface area contributed by atoms with Gasteiger partial charge in [-0.25, -0.2) is 4.79 Å². The molecule has 0 spiro atoms. The SMILES string of the molecule is COC(=O)c1cc(OCc2cccs2)ccc1N.Cl. The molecule has 102 valence electrons. The summed E-state index contributed by atoms with van der Waals surface area (Å²) in [5.74, 6) is 0.132. The number of methoxy groups -OCH3 is 1. The smallest absolute Gasteiger partial charge is 0.340 e. The van der Waals surface area contributed by atoms with Crippen molar-refractivity contribution in [2.75, 3.05) is 12.8 Å². The van der Waals surface area contributed by atoms with Gasteiger partial charge in [0.15, 0.2) is 0 Å². The molecule has 0 bridgehead atoms. The predicted octanol–water partition coefficient (Wildman–Crippen LogP) is 3.12. The Bertz CT molecular complexity index is 543. The summed E-state index contributed by atoms with van der Waals surface area (Å²) in [4.78, 5) is 12.6. The third-order valence-corrected chi connectivity index (χ3v) is 3.24. The lowest BCUT2D eigenvalue weighted by atomic mass is 10.2. The van der Waals surface area contributed by atoms with Crippen LogP contribution in [0.1, 0.15) is 15.2 Å². The number of rotatable bonds is 4. The van der Waals surface area contributed by atoms with Crippen LogP contribution in [0.5, 0.6) is 5.75 Å². The van der Waals surface area contributed by atoms with E-state index in [9.17, 15) is 4.79 Å². The van der Waals surface area contributed by atoms with Crippen molar-refractivity contribution in [3.63, 3.8) is 0 Å². The maximum Gasteiger partial charge on any atom is 0.340 e. The molecule has 0 unspecified atom stereocenters. The molecule has 0 aliphatic rings. The van der Waals surface area contributed by atoms with Gasteiger partial charge in [-0.3, -0.25) is 0 Å². The van der Waals surface area contributed by atoms with Crippen molar-refractivity contribution < 1.29 is 14.3 Å². The number of hydrogen-bond acceptors (Lipinski definition) is 5. The Labute approximate surface area is 121 Å². The van der Waals surface area contributed by atoms with Crippen LogP contribution in [0, 0.1) is 0 Å². The Balaban J connectivity index is 0.00000180. The van der Waals surface area contributed by atoms with E-state index in [0.717, 1.165) is 4.88 Å². The van der Waals surface area contributed by atoms with E-state index in [-0.39, 0.29) is 12.4 Å². The van der Waals surface area contributed by atoms with Crippen molar-refractivity contribution in [1.29, 1.82) is 0 Å². The first-order chi connectivity index (χ1) is 8.70. The fourth-order valence-corrected chi connectivity index (χ4v) is 2.08. The summed E-state index contributed by atoms with van der Waals surface area (Å²) in [6, 6.07) is 8.91. The van der Waals surface area contributed by atoms with Crippen molar-refractivity contribution in [1.82, 2.24) is 0 Å². The monoisotopic (exact) mass is 299 g/mol. The van der Waals surface area contributed by atoms with Crippen LogP contribution in [0.2, 0.25) is 0 Å². The van der Waals surface area contributed by atoms with Crippen LogP contribution >= 0.6 is 23.7 Å². The van der Waals surface area contributed by atoms with Gasteiger partial charge in [0.05, 0.1) is 12.7 Å². The molecule has 1 heterocycles. The minimum absolute atomic E-state index is 0. The number of halogens is 1. The van der Waals surface area contributed by atoms with Gasteiger partial charge in [-0.05, 0) is 29.6 Å². The van der Waals surface area contributed by atoms with Crippen LogP contribution < -0.4 is 10.5 Å². The molecule has 0 fully saturated rings. The zero-order valence-corrected chi connectivity index (χ0v) is 11.9. The number of carbonyl (C=O) groups excluding carboxylic acids is 1. The van der Waals surface area contributed by atoms with Gasteiger partial charge in [-0.1, -0.05) is 6.07 Å². The molecule has 2 rings (SSSR count). The van der Waals surface area contributed by atoms with Gasteiger partial charge in [-0.2, -0.15) is 0 Å². The molecule has 0 aliphatic heterocycles. The Kier molecular flexibility index (Phi) is 5.66. The molecule has 1 aromatic heterocycles. The fourth-order valence-electron chi connectivity index (χ4n) is 1.46. The summed E-state index contributed by atoms with van der Waals surface area (Å²) in [6.07, 6.45) is 0. The number of thiophene rings is 1. The minimum atomic E-state index is -0.464. The molecule has 0 radical (unpaired) electrons. The van der Waals surface area contributed by atoms with E-state index in [0.29, 0.717) is 23.6 Å². The summed E-state index contributed by atoms with van der Waals surface area (Å²) in [6.45, 7) is 0.474. The standard InChI is InChI=1S/C13H13NO3S.ClH/c1-16-13(15)11-7-9(4-5-12(11)14)17-8-10-3-2-6-18-10;/h2-7H,8,14H2,1H3;1H. The largest absolute Gasteiger partial charge is 0.488 e. The molecule has 19 heavy (non-hydrogen) atoms. The number of hydrogen-bond donors (Lipinski definition) is 1.